The minimum absolute atomic E-state index is 0.805. The van der Waals surface area contributed by atoms with Gasteiger partial charge in [-0.1, -0.05) is 13.3 Å². The van der Waals surface area contributed by atoms with Crippen molar-refractivity contribution in [2.45, 2.75) is 46.0 Å². The Hall–Kier alpha value is -1.35. The molecule has 0 N–H and O–H groups in total. The van der Waals surface area contributed by atoms with Crippen LogP contribution in [-0.2, 0) is 0 Å². The van der Waals surface area contributed by atoms with Gasteiger partial charge in [-0.15, -0.1) is 0 Å². The van der Waals surface area contributed by atoms with Crippen LogP contribution in [0.2, 0.25) is 0 Å². The van der Waals surface area contributed by atoms with E-state index >= 15 is 0 Å². The van der Waals surface area contributed by atoms with Crippen LogP contribution in [-0.4, -0.2) is 43.4 Å². The molecular formula is C19H30N2O. The largest absolute Gasteiger partial charge is 0.494 e. The molecule has 0 atom stereocenters. The van der Waals surface area contributed by atoms with Gasteiger partial charge in [0.1, 0.15) is 5.75 Å². The van der Waals surface area contributed by atoms with Crippen molar-refractivity contribution in [2.24, 2.45) is 4.99 Å². The van der Waals surface area contributed by atoms with Crippen molar-refractivity contribution in [3.63, 3.8) is 0 Å². The van der Waals surface area contributed by atoms with E-state index in [2.05, 4.69) is 48.0 Å². The van der Waals surface area contributed by atoms with Crippen LogP contribution in [0.3, 0.4) is 0 Å². The van der Waals surface area contributed by atoms with Gasteiger partial charge in [-0.25, -0.2) is 0 Å². The van der Waals surface area contributed by atoms with Crippen LogP contribution in [0.5, 0.6) is 5.75 Å². The monoisotopic (exact) mass is 302 g/mol. The zero-order chi connectivity index (χ0) is 15.6. The third-order valence-corrected chi connectivity index (χ3v) is 4.21. The number of ether oxygens (including phenoxy) is 1. The van der Waals surface area contributed by atoms with Gasteiger partial charge in [0.25, 0.3) is 0 Å². The van der Waals surface area contributed by atoms with Gasteiger partial charge in [0.15, 0.2) is 0 Å². The van der Waals surface area contributed by atoms with Gasteiger partial charge in [-0.3, -0.25) is 4.99 Å². The van der Waals surface area contributed by atoms with Crippen molar-refractivity contribution in [2.75, 3.05) is 32.8 Å². The molecule has 1 saturated heterocycles. The molecular weight excluding hydrogens is 272 g/mol. The summed E-state index contributed by atoms with van der Waals surface area (Å²) in [6.45, 7) is 9.59. The van der Waals surface area contributed by atoms with Gasteiger partial charge in [0, 0.05) is 18.8 Å². The quantitative estimate of drug-likeness (QED) is 0.532. The van der Waals surface area contributed by atoms with Crippen LogP contribution in [0.1, 0.15) is 51.5 Å². The summed E-state index contributed by atoms with van der Waals surface area (Å²) in [4.78, 5) is 7.10. The maximum absolute atomic E-state index is 5.86. The van der Waals surface area contributed by atoms with Gasteiger partial charge in [0.2, 0.25) is 0 Å². The summed E-state index contributed by atoms with van der Waals surface area (Å²) >= 11 is 0. The molecule has 1 aromatic carbocycles. The molecule has 1 heterocycles. The third-order valence-electron chi connectivity index (χ3n) is 4.21. The number of likely N-dealkylation sites (tertiary alicyclic amines) is 1. The highest BCUT2D eigenvalue weighted by molar-refractivity contribution is 6.00. The molecule has 0 saturated carbocycles. The highest BCUT2D eigenvalue weighted by atomic mass is 16.5. The molecule has 0 radical (unpaired) electrons. The van der Waals surface area contributed by atoms with Crippen molar-refractivity contribution in [1.29, 1.82) is 0 Å². The Morgan fingerprint density at radius 1 is 1.09 bits per heavy atom. The molecule has 1 aromatic rings. The topological polar surface area (TPSA) is 24.8 Å². The van der Waals surface area contributed by atoms with E-state index in [1.807, 2.05) is 0 Å². The number of piperidine rings is 1. The van der Waals surface area contributed by atoms with Crippen LogP contribution in [0.4, 0.5) is 0 Å². The van der Waals surface area contributed by atoms with E-state index in [1.165, 1.54) is 50.2 Å². The summed E-state index contributed by atoms with van der Waals surface area (Å²) in [7, 11) is 0. The van der Waals surface area contributed by atoms with E-state index < -0.39 is 0 Å². The molecule has 0 aliphatic carbocycles. The number of hydrogen-bond acceptors (Lipinski definition) is 3. The number of nitrogens with zero attached hydrogens (tertiary/aromatic N) is 2. The fraction of sp³-hybridized carbons (Fsp3) is 0.632. The summed E-state index contributed by atoms with van der Waals surface area (Å²) < 4.78 is 5.86. The summed E-state index contributed by atoms with van der Waals surface area (Å²) in [6.07, 6.45) is 6.21. The highest BCUT2D eigenvalue weighted by Crippen LogP contribution is 2.15. The second kappa shape index (κ2) is 9.62. The second-order valence-electron chi connectivity index (χ2n) is 5.90. The molecule has 3 nitrogen and oxygen atoms in total. The molecule has 22 heavy (non-hydrogen) atoms. The molecule has 1 fully saturated rings. The van der Waals surface area contributed by atoms with Gasteiger partial charge < -0.3 is 9.64 Å². The lowest BCUT2D eigenvalue weighted by molar-refractivity contribution is 0.205. The van der Waals surface area contributed by atoms with Crippen molar-refractivity contribution in [3.05, 3.63) is 29.8 Å². The van der Waals surface area contributed by atoms with E-state index in [-0.39, 0.29) is 0 Å². The molecule has 1 aliphatic rings. The average molecular weight is 302 g/mol. The minimum Gasteiger partial charge on any atom is -0.494 e. The minimum atomic E-state index is 0.805. The van der Waals surface area contributed by atoms with Crippen LogP contribution in [0.25, 0.3) is 0 Å². The molecule has 2 rings (SSSR count). The summed E-state index contributed by atoms with van der Waals surface area (Å²) in [6, 6.07) is 8.38. The SMILES string of the molecule is CCN=C(CC)c1ccc(OCCCN2CCCCC2)cc1. The normalized spacial score (nSPS) is 16.7. The Bertz CT molecular complexity index is 447. The Kier molecular flexibility index (Phi) is 7.44. The molecule has 1 aliphatic heterocycles. The lowest BCUT2D eigenvalue weighted by atomic mass is 10.1. The van der Waals surface area contributed by atoms with Crippen molar-refractivity contribution in [3.8, 4) is 5.75 Å². The van der Waals surface area contributed by atoms with Gasteiger partial charge in [-0.2, -0.15) is 0 Å². The molecule has 0 bridgehead atoms. The van der Waals surface area contributed by atoms with E-state index in [0.717, 1.165) is 31.7 Å². The summed E-state index contributed by atoms with van der Waals surface area (Å²) in [5.74, 6) is 0.967. The smallest absolute Gasteiger partial charge is 0.119 e. The maximum atomic E-state index is 5.86. The van der Waals surface area contributed by atoms with E-state index in [9.17, 15) is 0 Å². The average Bonchev–Trinajstić information content (AvgIpc) is 2.58. The van der Waals surface area contributed by atoms with E-state index in [4.69, 9.17) is 4.74 Å². The van der Waals surface area contributed by atoms with Gasteiger partial charge in [0.05, 0.1) is 6.61 Å². The van der Waals surface area contributed by atoms with Crippen LogP contribution >= 0.6 is 0 Å². The zero-order valence-corrected chi connectivity index (χ0v) is 14.2. The van der Waals surface area contributed by atoms with Crippen molar-refractivity contribution in [1.82, 2.24) is 4.90 Å². The molecule has 122 valence electrons. The van der Waals surface area contributed by atoms with Gasteiger partial charge >= 0.3 is 0 Å². The summed E-state index contributed by atoms with van der Waals surface area (Å²) in [5, 5.41) is 0. The molecule has 3 heteroatoms. The standard InChI is InChI=1S/C19H30N2O/c1-3-19(20-4-2)17-9-11-18(12-10-17)22-16-8-15-21-13-6-5-7-14-21/h9-12H,3-8,13-16H2,1-2H3. The number of hydrogen-bond donors (Lipinski definition) is 0. The lowest BCUT2D eigenvalue weighted by Crippen LogP contribution is -2.31. The summed E-state index contributed by atoms with van der Waals surface area (Å²) in [5.41, 5.74) is 2.39. The fourth-order valence-electron chi connectivity index (χ4n) is 3.00. The number of benzene rings is 1. The lowest BCUT2D eigenvalue weighted by Gasteiger charge is -2.26. The predicted octanol–water partition coefficient (Wildman–Crippen LogP) is 4.16. The van der Waals surface area contributed by atoms with Gasteiger partial charge in [-0.05, 0) is 75.5 Å². The van der Waals surface area contributed by atoms with E-state index in [0.29, 0.717) is 0 Å². The second-order valence-corrected chi connectivity index (χ2v) is 5.90. The van der Waals surface area contributed by atoms with Crippen LogP contribution in [0.15, 0.2) is 29.3 Å². The van der Waals surface area contributed by atoms with Crippen molar-refractivity contribution < 1.29 is 4.74 Å². The third kappa shape index (κ3) is 5.45. The Balaban J connectivity index is 1.73. The molecule has 0 aromatic heterocycles. The van der Waals surface area contributed by atoms with Crippen molar-refractivity contribution >= 4 is 5.71 Å². The first-order chi connectivity index (χ1) is 10.8. The van der Waals surface area contributed by atoms with Crippen LogP contribution in [0, 0.1) is 0 Å². The molecule has 0 spiro atoms. The number of aliphatic imine (C=N–C) groups is 1. The Morgan fingerprint density at radius 3 is 2.45 bits per heavy atom. The first-order valence-electron chi connectivity index (χ1n) is 8.82. The molecule has 0 unspecified atom stereocenters. The van der Waals surface area contributed by atoms with Crippen LogP contribution < -0.4 is 4.74 Å². The fourth-order valence-corrected chi connectivity index (χ4v) is 3.00. The van der Waals surface area contributed by atoms with E-state index in [1.54, 1.807) is 0 Å². The first kappa shape index (κ1) is 17.0. The zero-order valence-electron chi connectivity index (χ0n) is 14.2. The molecule has 0 amide bonds. The highest BCUT2D eigenvalue weighted by Gasteiger charge is 2.09. The first-order valence-corrected chi connectivity index (χ1v) is 8.82. The predicted molar refractivity (Wildman–Crippen MR) is 94.2 cm³/mol. The Labute approximate surface area is 135 Å². The number of rotatable bonds is 8. The maximum Gasteiger partial charge on any atom is 0.119 e. The Morgan fingerprint density at radius 2 is 1.82 bits per heavy atom.